The van der Waals surface area contributed by atoms with Crippen molar-refractivity contribution in [2.75, 3.05) is 0 Å². The second-order valence-electron chi connectivity index (χ2n) is 1.48. The summed E-state index contributed by atoms with van der Waals surface area (Å²) in [6, 6.07) is 0. The van der Waals surface area contributed by atoms with Crippen molar-refractivity contribution in [3.05, 3.63) is 19.6 Å². The Hall–Kier alpha value is -0.671. The van der Waals surface area contributed by atoms with Crippen LogP contribution in [0.1, 0.15) is 4.57 Å². The Morgan fingerprint density at radius 2 is 2.56 bits per heavy atom. The first-order chi connectivity index (χ1) is 4.20. The number of rotatable bonds is 1. The number of hydrogen-bond acceptors (Lipinski definition) is 3. The van der Waals surface area contributed by atoms with Gasteiger partial charge in [0.25, 0.3) is 0 Å². The van der Waals surface area contributed by atoms with Gasteiger partial charge in [-0.2, -0.15) is 0 Å². The molecule has 0 aliphatic carbocycles. The second-order valence-corrected chi connectivity index (χ2v) is 3.71. The monoisotopic (exact) mass is 192 g/mol. The Bertz CT molecular complexity index is 232. The van der Waals surface area contributed by atoms with Gasteiger partial charge in [-0.05, 0) is 0 Å². The molecule has 1 rings (SSSR count). The molecule has 0 saturated heterocycles. The zero-order valence-corrected chi connectivity index (χ0v) is 6.41. The molecular formula is C4H4N2O2Se. The van der Waals surface area contributed by atoms with E-state index in [4.69, 9.17) is 0 Å². The molecule has 4 nitrogen and oxygen atoms in total. The molecule has 0 saturated carbocycles. The van der Waals surface area contributed by atoms with Gasteiger partial charge in [0.05, 0.1) is 0 Å². The van der Waals surface area contributed by atoms with Crippen molar-refractivity contribution in [3.63, 3.8) is 0 Å². The summed E-state index contributed by atoms with van der Waals surface area (Å²) in [6.07, 6.45) is 0. The zero-order chi connectivity index (χ0) is 6.85. The number of nitro groups is 1. The molecule has 48 valence electrons. The molecule has 0 unspecified atom stereocenters. The van der Waals surface area contributed by atoms with Crippen LogP contribution in [0.4, 0.5) is 5.82 Å². The molecule has 0 aliphatic heterocycles. The summed E-state index contributed by atoms with van der Waals surface area (Å²) in [6.45, 7) is 1.80. The Balaban J connectivity index is 2.98. The molecule has 1 aromatic rings. The molecule has 1 heterocycles. The van der Waals surface area contributed by atoms with E-state index in [1.54, 1.807) is 11.9 Å². The van der Waals surface area contributed by atoms with Gasteiger partial charge in [-0.1, -0.05) is 0 Å². The molecule has 9 heavy (non-hydrogen) atoms. The SMILES string of the molecule is Cc1nc([N+](=O)[O-])c[se]1. The van der Waals surface area contributed by atoms with Gasteiger partial charge in [0.15, 0.2) is 0 Å². The van der Waals surface area contributed by atoms with Gasteiger partial charge in [0.2, 0.25) is 0 Å². The fraction of sp³-hybridized carbons (Fsp3) is 0.250. The number of aryl methyl sites for hydroxylation is 1. The molecule has 0 aromatic carbocycles. The summed E-state index contributed by atoms with van der Waals surface area (Å²) < 4.78 is 0.870. The molecule has 5 heteroatoms. The van der Waals surface area contributed by atoms with Gasteiger partial charge in [-0.25, -0.2) is 0 Å². The zero-order valence-electron chi connectivity index (χ0n) is 4.70. The molecule has 0 radical (unpaired) electrons. The van der Waals surface area contributed by atoms with E-state index in [1.165, 1.54) is 0 Å². The van der Waals surface area contributed by atoms with E-state index in [-0.39, 0.29) is 20.3 Å². The van der Waals surface area contributed by atoms with Crippen LogP contribution in [-0.4, -0.2) is 24.4 Å². The molecule has 0 atom stereocenters. The molecule has 0 N–H and O–H groups in total. The predicted octanol–water partition coefficient (Wildman–Crippen LogP) is 0.355. The van der Waals surface area contributed by atoms with Crippen LogP contribution in [0, 0.1) is 17.0 Å². The predicted molar refractivity (Wildman–Crippen MR) is 32.6 cm³/mol. The van der Waals surface area contributed by atoms with Gasteiger partial charge in [0.1, 0.15) is 0 Å². The van der Waals surface area contributed by atoms with Crippen LogP contribution in [0.2, 0.25) is 0 Å². The van der Waals surface area contributed by atoms with Crippen LogP contribution in [0.3, 0.4) is 0 Å². The summed E-state index contributed by atoms with van der Waals surface area (Å²) >= 11 is 0.127. The molecular weight excluding hydrogens is 187 g/mol. The van der Waals surface area contributed by atoms with Crippen molar-refractivity contribution in [1.82, 2.24) is 4.98 Å². The maximum atomic E-state index is 9.99. The third-order valence-electron chi connectivity index (χ3n) is 0.794. The van der Waals surface area contributed by atoms with Crippen molar-refractivity contribution in [2.45, 2.75) is 6.92 Å². The fourth-order valence-corrected chi connectivity index (χ4v) is 1.61. The van der Waals surface area contributed by atoms with Crippen LogP contribution >= 0.6 is 0 Å². The van der Waals surface area contributed by atoms with Crippen molar-refractivity contribution < 1.29 is 4.92 Å². The first-order valence-corrected chi connectivity index (χ1v) is 4.11. The van der Waals surface area contributed by atoms with Crippen molar-refractivity contribution in [2.24, 2.45) is 0 Å². The fourth-order valence-electron chi connectivity index (χ4n) is 0.436. The van der Waals surface area contributed by atoms with E-state index in [1.807, 2.05) is 0 Å². The summed E-state index contributed by atoms with van der Waals surface area (Å²) in [5.74, 6) is 0.00694. The minimum atomic E-state index is -0.460. The Morgan fingerprint density at radius 1 is 1.89 bits per heavy atom. The van der Waals surface area contributed by atoms with Crippen LogP contribution in [0.25, 0.3) is 0 Å². The summed E-state index contributed by atoms with van der Waals surface area (Å²) in [5.41, 5.74) is 0. The molecule has 0 fully saturated rings. The van der Waals surface area contributed by atoms with Gasteiger partial charge < -0.3 is 0 Å². The number of aromatic nitrogens is 1. The maximum absolute atomic E-state index is 9.99. The van der Waals surface area contributed by atoms with E-state index in [0.717, 1.165) is 4.57 Å². The van der Waals surface area contributed by atoms with Crippen molar-refractivity contribution in [1.29, 1.82) is 0 Å². The molecule has 0 amide bonds. The van der Waals surface area contributed by atoms with Crippen LogP contribution < -0.4 is 0 Å². The summed E-state index contributed by atoms with van der Waals surface area (Å²) in [5, 5.41) is 9.99. The third-order valence-corrected chi connectivity index (χ3v) is 2.39. The van der Waals surface area contributed by atoms with Gasteiger partial charge in [-0.3, -0.25) is 0 Å². The van der Waals surface area contributed by atoms with E-state index >= 15 is 0 Å². The van der Waals surface area contributed by atoms with Crippen LogP contribution in [-0.2, 0) is 0 Å². The van der Waals surface area contributed by atoms with Crippen molar-refractivity contribution in [3.8, 4) is 0 Å². The van der Waals surface area contributed by atoms with E-state index in [9.17, 15) is 10.1 Å². The van der Waals surface area contributed by atoms with E-state index in [2.05, 4.69) is 4.98 Å². The number of hydrogen-bond donors (Lipinski definition) is 0. The first-order valence-electron chi connectivity index (χ1n) is 2.26. The molecule has 0 bridgehead atoms. The average Bonchev–Trinajstić information content (AvgIpc) is 2.14. The molecule has 0 aliphatic rings. The molecule has 0 spiro atoms. The van der Waals surface area contributed by atoms with Crippen molar-refractivity contribution >= 4 is 20.3 Å². The summed E-state index contributed by atoms with van der Waals surface area (Å²) in [4.78, 5) is 14.8. The normalized spacial score (nSPS) is 9.44. The van der Waals surface area contributed by atoms with Crippen LogP contribution in [0.15, 0.2) is 4.94 Å². The summed E-state index contributed by atoms with van der Waals surface area (Å²) in [7, 11) is 0. The van der Waals surface area contributed by atoms with E-state index < -0.39 is 4.92 Å². The second kappa shape index (κ2) is 2.29. The van der Waals surface area contributed by atoms with Crippen LogP contribution in [0.5, 0.6) is 0 Å². The van der Waals surface area contributed by atoms with Gasteiger partial charge >= 0.3 is 56.8 Å². The quantitative estimate of drug-likeness (QED) is 0.365. The average molecular weight is 191 g/mol. The topological polar surface area (TPSA) is 56.0 Å². The molecule has 1 aromatic heterocycles. The standard InChI is InChI=1S/C4H4N2O2Se/c1-3-5-4(2-9-3)6(7)8/h2H,1H3. The Morgan fingerprint density at radius 3 is 2.78 bits per heavy atom. The van der Waals surface area contributed by atoms with E-state index in [0.29, 0.717) is 0 Å². The van der Waals surface area contributed by atoms with Gasteiger partial charge in [-0.15, -0.1) is 0 Å². The minimum absolute atomic E-state index is 0.00694. The first kappa shape index (κ1) is 6.45. The Labute approximate surface area is 57.4 Å². The number of nitrogens with zero attached hydrogens (tertiary/aromatic N) is 2. The van der Waals surface area contributed by atoms with Gasteiger partial charge in [0, 0.05) is 0 Å². The third kappa shape index (κ3) is 1.37. The Kier molecular flexibility index (Phi) is 1.64.